The average Bonchev–Trinajstić information content (AvgIpc) is 2.91. The van der Waals surface area contributed by atoms with Crippen LogP contribution >= 0.6 is 0 Å². The van der Waals surface area contributed by atoms with Crippen molar-refractivity contribution in [2.24, 2.45) is 0 Å². The Bertz CT molecular complexity index is 611. The largest absolute Gasteiger partial charge is 0.369 e. The fraction of sp³-hybridized carbons (Fsp3) is 0.375. The lowest BCUT2D eigenvalue weighted by Gasteiger charge is -2.21. The van der Waals surface area contributed by atoms with Gasteiger partial charge in [0.1, 0.15) is 0 Å². The van der Waals surface area contributed by atoms with Crippen LogP contribution in [-0.2, 0) is 6.42 Å². The standard InChI is InChI=1S/C16H21N5/c1-20(2)16-15(17-8-9-19-16)18-10-12-21-11-7-13-5-3-4-6-14(13)21/h3-6,8-9H,7,10-12H2,1-2H3,(H,17,18). The molecule has 5 nitrogen and oxygen atoms in total. The van der Waals surface area contributed by atoms with E-state index in [1.807, 2.05) is 19.0 Å². The van der Waals surface area contributed by atoms with Crippen molar-refractivity contribution in [1.29, 1.82) is 0 Å². The molecule has 2 aromatic rings. The molecule has 0 saturated carbocycles. The predicted molar refractivity (Wildman–Crippen MR) is 87.2 cm³/mol. The third-order valence-electron chi connectivity index (χ3n) is 3.76. The van der Waals surface area contributed by atoms with Crippen LogP contribution in [0.3, 0.4) is 0 Å². The topological polar surface area (TPSA) is 44.3 Å². The van der Waals surface area contributed by atoms with E-state index in [1.165, 1.54) is 11.3 Å². The van der Waals surface area contributed by atoms with E-state index >= 15 is 0 Å². The molecule has 1 N–H and O–H groups in total. The predicted octanol–water partition coefficient (Wildman–Crippen LogP) is 2.02. The molecular formula is C16H21N5. The number of benzene rings is 1. The van der Waals surface area contributed by atoms with Crippen LogP contribution in [0.25, 0.3) is 0 Å². The fourth-order valence-electron chi connectivity index (χ4n) is 2.73. The van der Waals surface area contributed by atoms with Gasteiger partial charge in [-0.2, -0.15) is 0 Å². The summed E-state index contributed by atoms with van der Waals surface area (Å²) in [6, 6.07) is 8.65. The molecule has 0 spiro atoms. The molecule has 0 saturated heterocycles. The van der Waals surface area contributed by atoms with E-state index in [0.29, 0.717) is 0 Å². The first-order valence-corrected chi connectivity index (χ1v) is 7.31. The molecule has 3 rings (SSSR count). The SMILES string of the molecule is CN(C)c1nccnc1NCCN1CCc2ccccc21. The summed E-state index contributed by atoms with van der Waals surface area (Å²) in [6.45, 7) is 2.93. The maximum Gasteiger partial charge on any atom is 0.171 e. The second kappa shape index (κ2) is 5.99. The first kappa shape index (κ1) is 13.7. The summed E-state index contributed by atoms with van der Waals surface area (Å²) in [6.07, 6.45) is 4.59. The molecule has 0 radical (unpaired) electrons. The van der Waals surface area contributed by atoms with Gasteiger partial charge in [-0.15, -0.1) is 0 Å². The summed E-state index contributed by atoms with van der Waals surface area (Å²) in [7, 11) is 3.96. The Morgan fingerprint density at radius 2 is 2.00 bits per heavy atom. The molecule has 1 aliphatic heterocycles. The van der Waals surface area contributed by atoms with Gasteiger partial charge in [-0.1, -0.05) is 18.2 Å². The average molecular weight is 283 g/mol. The lowest BCUT2D eigenvalue weighted by atomic mass is 10.2. The molecule has 1 aromatic heterocycles. The summed E-state index contributed by atoms with van der Waals surface area (Å²) < 4.78 is 0. The Morgan fingerprint density at radius 1 is 1.19 bits per heavy atom. The van der Waals surface area contributed by atoms with E-state index in [1.54, 1.807) is 12.4 Å². The van der Waals surface area contributed by atoms with E-state index in [9.17, 15) is 0 Å². The maximum atomic E-state index is 4.37. The van der Waals surface area contributed by atoms with Gasteiger partial charge in [-0.3, -0.25) is 0 Å². The first-order chi connectivity index (χ1) is 10.3. The van der Waals surface area contributed by atoms with Crippen LogP contribution in [0.2, 0.25) is 0 Å². The van der Waals surface area contributed by atoms with Crippen LogP contribution in [0.1, 0.15) is 5.56 Å². The molecule has 0 bridgehead atoms. The van der Waals surface area contributed by atoms with Gasteiger partial charge in [0.2, 0.25) is 0 Å². The van der Waals surface area contributed by atoms with Gasteiger partial charge in [0.25, 0.3) is 0 Å². The van der Waals surface area contributed by atoms with Crippen LogP contribution in [0.5, 0.6) is 0 Å². The van der Waals surface area contributed by atoms with Crippen molar-refractivity contribution in [1.82, 2.24) is 9.97 Å². The van der Waals surface area contributed by atoms with E-state index in [-0.39, 0.29) is 0 Å². The summed E-state index contributed by atoms with van der Waals surface area (Å²) in [5.41, 5.74) is 2.82. The molecule has 0 aliphatic carbocycles. The van der Waals surface area contributed by atoms with Gasteiger partial charge in [0.15, 0.2) is 11.6 Å². The second-order valence-corrected chi connectivity index (χ2v) is 5.42. The van der Waals surface area contributed by atoms with Crippen LogP contribution in [0, 0.1) is 0 Å². The third-order valence-corrected chi connectivity index (χ3v) is 3.76. The zero-order chi connectivity index (χ0) is 14.7. The monoisotopic (exact) mass is 283 g/mol. The minimum atomic E-state index is 0.843. The van der Waals surface area contributed by atoms with Gasteiger partial charge in [-0.05, 0) is 18.1 Å². The lowest BCUT2D eigenvalue weighted by molar-refractivity contribution is 0.835. The lowest BCUT2D eigenvalue weighted by Crippen LogP contribution is -2.27. The molecule has 1 aromatic carbocycles. The van der Waals surface area contributed by atoms with Crippen LogP contribution in [-0.4, -0.2) is 43.7 Å². The first-order valence-electron chi connectivity index (χ1n) is 7.31. The summed E-state index contributed by atoms with van der Waals surface area (Å²) in [5.74, 6) is 1.72. The van der Waals surface area contributed by atoms with Crippen molar-refractivity contribution in [3.05, 3.63) is 42.2 Å². The number of aromatic nitrogens is 2. The van der Waals surface area contributed by atoms with Crippen molar-refractivity contribution < 1.29 is 0 Å². The number of nitrogens with one attached hydrogen (secondary N) is 1. The van der Waals surface area contributed by atoms with Crippen molar-refractivity contribution in [3.8, 4) is 0 Å². The molecule has 0 amide bonds. The Kier molecular flexibility index (Phi) is 3.90. The number of hydrogen-bond donors (Lipinski definition) is 1. The normalized spacial score (nSPS) is 13.1. The zero-order valence-corrected chi connectivity index (χ0v) is 12.6. The molecule has 5 heteroatoms. The highest BCUT2D eigenvalue weighted by Crippen LogP contribution is 2.27. The van der Waals surface area contributed by atoms with Crippen molar-refractivity contribution in [2.75, 3.05) is 48.8 Å². The van der Waals surface area contributed by atoms with Gasteiger partial charge < -0.3 is 15.1 Å². The summed E-state index contributed by atoms with van der Waals surface area (Å²) in [4.78, 5) is 13.1. The number of para-hydroxylation sites is 1. The molecule has 0 atom stereocenters. The third kappa shape index (κ3) is 2.91. The molecule has 0 fully saturated rings. The second-order valence-electron chi connectivity index (χ2n) is 5.42. The Morgan fingerprint density at radius 3 is 2.86 bits per heavy atom. The highest BCUT2D eigenvalue weighted by molar-refractivity contribution is 5.60. The summed E-state index contributed by atoms with van der Waals surface area (Å²) in [5, 5.41) is 3.40. The molecule has 1 aliphatic rings. The molecule has 0 unspecified atom stereocenters. The van der Waals surface area contributed by atoms with E-state index in [4.69, 9.17) is 0 Å². The highest BCUT2D eigenvalue weighted by atomic mass is 15.2. The van der Waals surface area contributed by atoms with Crippen LogP contribution in [0.4, 0.5) is 17.3 Å². The van der Waals surface area contributed by atoms with Crippen molar-refractivity contribution in [3.63, 3.8) is 0 Å². The number of anilines is 3. The highest BCUT2D eigenvalue weighted by Gasteiger charge is 2.17. The number of fused-ring (bicyclic) bond motifs is 1. The Labute approximate surface area is 125 Å². The van der Waals surface area contributed by atoms with Crippen molar-refractivity contribution >= 4 is 17.3 Å². The number of nitrogens with zero attached hydrogens (tertiary/aromatic N) is 4. The van der Waals surface area contributed by atoms with Crippen molar-refractivity contribution in [2.45, 2.75) is 6.42 Å². The Balaban J connectivity index is 1.61. The smallest absolute Gasteiger partial charge is 0.171 e. The maximum absolute atomic E-state index is 4.37. The molecule has 2 heterocycles. The van der Waals surface area contributed by atoms with Gasteiger partial charge >= 0.3 is 0 Å². The molecule has 110 valence electrons. The minimum Gasteiger partial charge on any atom is -0.369 e. The zero-order valence-electron chi connectivity index (χ0n) is 12.6. The van der Waals surface area contributed by atoms with E-state index < -0.39 is 0 Å². The van der Waals surface area contributed by atoms with E-state index in [2.05, 4.69) is 44.5 Å². The van der Waals surface area contributed by atoms with Gasteiger partial charge in [0.05, 0.1) is 0 Å². The molecular weight excluding hydrogens is 262 g/mol. The molecule has 21 heavy (non-hydrogen) atoms. The fourth-order valence-corrected chi connectivity index (χ4v) is 2.73. The van der Waals surface area contributed by atoms with Crippen LogP contribution < -0.4 is 15.1 Å². The quantitative estimate of drug-likeness (QED) is 0.909. The van der Waals surface area contributed by atoms with E-state index in [0.717, 1.165) is 37.7 Å². The Hall–Kier alpha value is -2.30. The number of rotatable bonds is 5. The minimum absolute atomic E-state index is 0.843. The summed E-state index contributed by atoms with van der Waals surface area (Å²) >= 11 is 0. The van der Waals surface area contributed by atoms with Crippen LogP contribution in [0.15, 0.2) is 36.7 Å². The number of hydrogen-bond acceptors (Lipinski definition) is 5. The van der Waals surface area contributed by atoms with Gasteiger partial charge in [0, 0.05) is 51.8 Å². The van der Waals surface area contributed by atoms with Gasteiger partial charge in [-0.25, -0.2) is 9.97 Å².